The molecule has 4 aliphatic rings. The minimum atomic E-state index is -0.262. The van der Waals surface area contributed by atoms with Crippen LogP contribution in [0.4, 0.5) is 0 Å². The highest BCUT2D eigenvalue weighted by molar-refractivity contribution is 5.97. The van der Waals surface area contributed by atoms with Crippen molar-refractivity contribution < 1.29 is 19.1 Å². The Balaban J connectivity index is 1.60. The molecule has 0 aliphatic heterocycles. The van der Waals surface area contributed by atoms with E-state index >= 15 is 0 Å². The third kappa shape index (κ3) is 2.74. The minimum Gasteiger partial charge on any atom is -0.463 e. The van der Waals surface area contributed by atoms with Gasteiger partial charge in [0.05, 0.1) is 0 Å². The van der Waals surface area contributed by atoms with Crippen molar-refractivity contribution in [2.24, 2.45) is 34.5 Å². The Morgan fingerprint density at radius 2 is 1.89 bits per heavy atom. The first-order valence-corrected chi connectivity index (χ1v) is 10.6. The van der Waals surface area contributed by atoms with Gasteiger partial charge >= 0.3 is 5.97 Å². The molecule has 0 radical (unpaired) electrons. The molecule has 0 N–H and O–H groups in total. The summed E-state index contributed by atoms with van der Waals surface area (Å²) in [6, 6.07) is 0. The van der Waals surface area contributed by atoms with Crippen LogP contribution in [0, 0.1) is 34.5 Å². The average Bonchev–Trinajstić information content (AvgIpc) is 2.91. The molecule has 0 aromatic rings. The first-order chi connectivity index (χ1) is 12.7. The van der Waals surface area contributed by atoms with Gasteiger partial charge in [0, 0.05) is 24.7 Å². The molecule has 0 bridgehead atoms. The van der Waals surface area contributed by atoms with E-state index in [2.05, 4.69) is 19.9 Å². The van der Waals surface area contributed by atoms with Crippen molar-refractivity contribution in [1.82, 2.24) is 0 Å². The van der Waals surface area contributed by atoms with Crippen molar-refractivity contribution in [2.75, 3.05) is 0 Å². The number of carbonyl (C=O) groups excluding carboxylic acids is 3. The largest absolute Gasteiger partial charge is 0.463 e. The molecular formula is C23H32O4. The van der Waals surface area contributed by atoms with Crippen LogP contribution in [0.25, 0.3) is 0 Å². The van der Waals surface area contributed by atoms with Gasteiger partial charge in [0.25, 0.3) is 0 Å². The van der Waals surface area contributed by atoms with Crippen LogP contribution in [0.5, 0.6) is 0 Å². The maximum atomic E-state index is 13.4. The number of carbonyl (C=O) groups is 3. The van der Waals surface area contributed by atoms with E-state index in [1.54, 1.807) is 6.92 Å². The maximum Gasteiger partial charge on any atom is 0.302 e. The van der Waals surface area contributed by atoms with Gasteiger partial charge in [-0.1, -0.05) is 19.9 Å². The molecule has 4 rings (SSSR count). The lowest BCUT2D eigenvalue weighted by Gasteiger charge is -2.59. The van der Waals surface area contributed by atoms with Gasteiger partial charge in [-0.15, -0.1) is 0 Å². The predicted molar refractivity (Wildman–Crippen MR) is 102 cm³/mol. The van der Waals surface area contributed by atoms with Crippen LogP contribution in [0.2, 0.25) is 0 Å². The van der Waals surface area contributed by atoms with Crippen LogP contribution in [-0.4, -0.2) is 23.6 Å². The highest BCUT2D eigenvalue weighted by Crippen LogP contribution is 2.65. The highest BCUT2D eigenvalue weighted by atomic mass is 16.5. The van der Waals surface area contributed by atoms with Crippen molar-refractivity contribution in [3.8, 4) is 0 Å². The van der Waals surface area contributed by atoms with E-state index in [4.69, 9.17) is 4.74 Å². The standard InChI is InChI=1S/C23H32O4/c1-13(24)18-7-8-19-17-6-5-15-11-16(27-14(2)25)9-10-22(15,3)21(17)20(26)12-23(18,19)4/h7,15-17,19,21H,5-6,8-12H2,1-4H3/t15-,16-,17-,19+,21+,22-,23+/m1/s1. The van der Waals surface area contributed by atoms with E-state index in [-0.39, 0.29) is 34.6 Å². The second-order valence-electron chi connectivity index (χ2n) is 10.0. The number of rotatable bonds is 2. The lowest BCUT2D eigenvalue weighted by Crippen LogP contribution is -2.57. The highest BCUT2D eigenvalue weighted by Gasteiger charge is 2.62. The molecule has 0 amide bonds. The van der Waals surface area contributed by atoms with Gasteiger partial charge in [0.1, 0.15) is 11.9 Å². The number of ketones is 2. The van der Waals surface area contributed by atoms with Gasteiger partial charge in [-0.05, 0) is 74.2 Å². The zero-order chi connectivity index (χ0) is 19.6. The summed E-state index contributed by atoms with van der Waals surface area (Å²) >= 11 is 0. The third-order valence-corrected chi connectivity index (χ3v) is 8.60. The number of Topliss-reactive ketones (excluding diaryl/α,β-unsaturated/α-hetero) is 2. The van der Waals surface area contributed by atoms with Crippen LogP contribution >= 0.6 is 0 Å². The van der Waals surface area contributed by atoms with Crippen molar-refractivity contribution in [3.05, 3.63) is 11.6 Å². The Hall–Kier alpha value is -1.45. The molecule has 4 nitrogen and oxygen atoms in total. The number of esters is 1. The van der Waals surface area contributed by atoms with Crippen molar-refractivity contribution in [2.45, 2.75) is 78.7 Å². The molecule has 3 saturated carbocycles. The van der Waals surface area contributed by atoms with Crippen molar-refractivity contribution >= 4 is 17.5 Å². The Kier molecular flexibility index (Phi) is 4.40. The summed E-state index contributed by atoms with van der Waals surface area (Å²) in [6.45, 7) is 7.59. The maximum absolute atomic E-state index is 13.4. The van der Waals surface area contributed by atoms with E-state index in [1.807, 2.05) is 0 Å². The van der Waals surface area contributed by atoms with E-state index < -0.39 is 0 Å². The second kappa shape index (κ2) is 6.28. The summed E-state index contributed by atoms with van der Waals surface area (Å²) in [4.78, 5) is 37.0. The number of allylic oxidation sites excluding steroid dienone is 2. The summed E-state index contributed by atoms with van der Waals surface area (Å²) in [7, 11) is 0. The summed E-state index contributed by atoms with van der Waals surface area (Å²) < 4.78 is 5.50. The zero-order valence-corrected chi connectivity index (χ0v) is 17.0. The average molecular weight is 373 g/mol. The minimum absolute atomic E-state index is 0.0109. The smallest absolute Gasteiger partial charge is 0.302 e. The SMILES string of the molecule is CC(=O)O[C@@H]1CC[C@]2(C)[C@H](CC[C@H]3[C@H]2C(=O)C[C@@]2(C)C(C(C)=O)=CC[C@@H]32)C1. The quantitative estimate of drug-likeness (QED) is 0.679. The molecule has 4 heteroatoms. The zero-order valence-electron chi connectivity index (χ0n) is 17.0. The molecule has 0 saturated heterocycles. The molecule has 148 valence electrons. The number of hydrogen-bond donors (Lipinski definition) is 0. The lowest BCUT2D eigenvalue weighted by molar-refractivity contribution is -0.166. The van der Waals surface area contributed by atoms with E-state index in [0.29, 0.717) is 30.0 Å². The summed E-state index contributed by atoms with van der Waals surface area (Å²) in [6.07, 6.45) is 8.46. The summed E-state index contributed by atoms with van der Waals surface area (Å²) in [5.41, 5.74) is 0.643. The van der Waals surface area contributed by atoms with E-state index in [9.17, 15) is 14.4 Å². The molecule has 0 aromatic carbocycles. The fourth-order valence-corrected chi connectivity index (χ4v) is 7.50. The first kappa shape index (κ1) is 18.9. The fraction of sp³-hybridized carbons (Fsp3) is 0.783. The Morgan fingerprint density at radius 1 is 1.15 bits per heavy atom. The normalized spacial score (nSPS) is 46.0. The van der Waals surface area contributed by atoms with Gasteiger partial charge in [0.2, 0.25) is 0 Å². The molecule has 0 spiro atoms. The van der Waals surface area contributed by atoms with Crippen LogP contribution in [0.1, 0.15) is 72.6 Å². The molecule has 3 fully saturated rings. The molecular weight excluding hydrogens is 340 g/mol. The monoisotopic (exact) mass is 372 g/mol. The fourth-order valence-electron chi connectivity index (χ4n) is 7.50. The van der Waals surface area contributed by atoms with E-state index in [1.165, 1.54) is 6.92 Å². The Bertz CT molecular complexity index is 722. The topological polar surface area (TPSA) is 60.4 Å². The third-order valence-electron chi connectivity index (χ3n) is 8.60. The lowest BCUT2D eigenvalue weighted by atomic mass is 9.44. The van der Waals surface area contributed by atoms with Crippen LogP contribution in [0.3, 0.4) is 0 Å². The van der Waals surface area contributed by atoms with Crippen molar-refractivity contribution in [3.63, 3.8) is 0 Å². The summed E-state index contributed by atoms with van der Waals surface area (Å²) in [5, 5.41) is 0. The Morgan fingerprint density at radius 3 is 2.56 bits per heavy atom. The van der Waals surface area contributed by atoms with Crippen molar-refractivity contribution in [1.29, 1.82) is 0 Å². The second-order valence-corrected chi connectivity index (χ2v) is 10.0. The Labute approximate surface area is 162 Å². The van der Waals surface area contributed by atoms with Gasteiger partial charge in [-0.25, -0.2) is 0 Å². The van der Waals surface area contributed by atoms with Crippen LogP contribution < -0.4 is 0 Å². The molecule has 4 aliphatic carbocycles. The van der Waals surface area contributed by atoms with Gasteiger partial charge in [0.15, 0.2) is 5.78 Å². The molecule has 0 heterocycles. The predicted octanol–water partition coefficient (Wildman–Crippen LogP) is 4.27. The van der Waals surface area contributed by atoms with Crippen LogP contribution in [-0.2, 0) is 19.1 Å². The van der Waals surface area contributed by atoms with Gasteiger partial charge < -0.3 is 4.74 Å². The van der Waals surface area contributed by atoms with Crippen LogP contribution in [0.15, 0.2) is 11.6 Å². The molecule has 27 heavy (non-hydrogen) atoms. The number of fused-ring (bicyclic) bond motifs is 5. The number of ether oxygens (including phenoxy) is 1. The van der Waals surface area contributed by atoms with E-state index in [0.717, 1.165) is 44.1 Å². The number of hydrogen-bond acceptors (Lipinski definition) is 4. The summed E-state index contributed by atoms with van der Waals surface area (Å²) in [5.74, 6) is 1.66. The van der Waals surface area contributed by atoms with Gasteiger partial charge in [-0.3, -0.25) is 14.4 Å². The first-order valence-electron chi connectivity index (χ1n) is 10.6. The molecule has 7 atom stereocenters. The molecule has 0 unspecified atom stereocenters. The van der Waals surface area contributed by atoms with Gasteiger partial charge in [-0.2, -0.15) is 0 Å². The molecule has 0 aromatic heterocycles.